The molecule has 3 nitrogen and oxygen atoms in total. The van der Waals surface area contributed by atoms with Crippen molar-refractivity contribution < 1.29 is 38.3 Å². The van der Waals surface area contributed by atoms with E-state index in [0.717, 1.165) is 37.9 Å². The third-order valence-corrected chi connectivity index (χ3v) is 3.21. The number of ether oxygens (including phenoxy) is 1. The fourth-order valence-electron chi connectivity index (χ4n) is 1.33. The van der Waals surface area contributed by atoms with Crippen molar-refractivity contribution >= 4 is 36.3 Å². The minimum Gasteiger partial charge on any atom is -1.00 e. The van der Waals surface area contributed by atoms with Crippen molar-refractivity contribution in [2.45, 2.75) is 44.9 Å². The maximum absolute atomic E-state index is 11.2. The van der Waals surface area contributed by atoms with Crippen LogP contribution in [0.4, 0.5) is 0 Å². The number of rotatable bonds is 10. The van der Waals surface area contributed by atoms with Crippen molar-refractivity contribution in [1.82, 2.24) is 0 Å². The zero-order valence-corrected chi connectivity index (χ0v) is 14.7. The summed E-state index contributed by atoms with van der Waals surface area (Å²) in [6.07, 6.45) is 7.81. The second-order valence-corrected chi connectivity index (χ2v) is 5.26. The fourth-order valence-corrected chi connectivity index (χ4v) is 1.92. The summed E-state index contributed by atoms with van der Waals surface area (Å²) in [6.45, 7) is 0. The number of thioether (sulfide) groups is 1. The lowest BCUT2D eigenvalue weighted by molar-refractivity contribution is -0.159. The van der Waals surface area contributed by atoms with Gasteiger partial charge >= 0.3 is 11.9 Å². The summed E-state index contributed by atoms with van der Waals surface area (Å²) in [7, 11) is 0. The van der Waals surface area contributed by atoms with Crippen LogP contribution in [-0.4, -0.2) is 29.7 Å². The van der Waals surface area contributed by atoms with Crippen LogP contribution < -0.4 is 24.0 Å². The van der Waals surface area contributed by atoms with E-state index in [1.165, 1.54) is 0 Å². The van der Waals surface area contributed by atoms with Gasteiger partial charge in [0.25, 0.3) is 0 Å². The Morgan fingerprint density at radius 3 is 2.17 bits per heavy atom. The molecule has 0 heterocycles. The predicted octanol–water partition coefficient (Wildman–Crippen LogP) is 0.0837. The van der Waals surface area contributed by atoms with E-state index in [1.54, 1.807) is 11.8 Å². The molecule has 0 rings (SSSR count). The van der Waals surface area contributed by atoms with Crippen LogP contribution in [0.25, 0.3) is 0 Å². The molecule has 0 bridgehead atoms. The summed E-state index contributed by atoms with van der Waals surface area (Å²) < 4.78 is 4.68. The van der Waals surface area contributed by atoms with Crippen molar-refractivity contribution in [1.29, 1.82) is 0 Å². The molecule has 0 aliphatic rings. The standard InChI is InChI=1S/C12H22O3S2.HI/c1-17-10-8-12(14)15-11(13)7-5-3-2-4-6-9-16;/h16H,2-10H2,1H3;1H/p-1. The molecule has 18 heavy (non-hydrogen) atoms. The van der Waals surface area contributed by atoms with E-state index in [0.29, 0.717) is 18.6 Å². The van der Waals surface area contributed by atoms with Crippen molar-refractivity contribution in [3.05, 3.63) is 0 Å². The Bertz CT molecular complexity index is 225. The Hall–Kier alpha value is 0.570. The summed E-state index contributed by atoms with van der Waals surface area (Å²) in [6, 6.07) is 0. The number of halogens is 1. The molecule has 0 amide bonds. The van der Waals surface area contributed by atoms with E-state index in [9.17, 15) is 9.59 Å². The highest BCUT2D eigenvalue weighted by Gasteiger charge is 2.09. The highest BCUT2D eigenvalue weighted by atomic mass is 127. The molecule has 0 aromatic rings. The van der Waals surface area contributed by atoms with Crippen molar-refractivity contribution in [2.75, 3.05) is 17.8 Å². The highest BCUT2D eigenvalue weighted by Crippen LogP contribution is 2.07. The van der Waals surface area contributed by atoms with Crippen molar-refractivity contribution in [2.24, 2.45) is 0 Å². The SMILES string of the molecule is CSCCC(=O)OC(=O)CCCCCCCS.[I-]. The van der Waals surface area contributed by atoms with E-state index in [2.05, 4.69) is 17.4 Å². The van der Waals surface area contributed by atoms with Gasteiger partial charge in [0.05, 0.1) is 6.42 Å². The second kappa shape index (κ2) is 15.6. The summed E-state index contributed by atoms with van der Waals surface area (Å²) >= 11 is 5.70. The van der Waals surface area contributed by atoms with Crippen LogP contribution in [0.1, 0.15) is 44.9 Å². The van der Waals surface area contributed by atoms with Crippen LogP contribution in [0.15, 0.2) is 0 Å². The van der Waals surface area contributed by atoms with Gasteiger partial charge in [-0.15, -0.1) is 0 Å². The molecule has 0 spiro atoms. The molecular weight excluding hydrogens is 383 g/mol. The van der Waals surface area contributed by atoms with Crippen LogP contribution in [0.3, 0.4) is 0 Å². The van der Waals surface area contributed by atoms with Crippen molar-refractivity contribution in [3.8, 4) is 0 Å². The molecule has 0 atom stereocenters. The van der Waals surface area contributed by atoms with Gasteiger partial charge in [-0.2, -0.15) is 24.4 Å². The lowest BCUT2D eigenvalue weighted by Crippen LogP contribution is -3.00. The van der Waals surface area contributed by atoms with Gasteiger partial charge < -0.3 is 28.7 Å². The Balaban J connectivity index is 0. The Labute approximate surface area is 137 Å². The van der Waals surface area contributed by atoms with E-state index in [-0.39, 0.29) is 29.9 Å². The molecule has 108 valence electrons. The molecule has 0 radical (unpaired) electrons. The molecular formula is C12H22IO3S2-. The normalized spacial score (nSPS) is 9.67. The van der Waals surface area contributed by atoms with Gasteiger partial charge in [0.1, 0.15) is 0 Å². The predicted molar refractivity (Wildman–Crippen MR) is 75.7 cm³/mol. The van der Waals surface area contributed by atoms with Gasteiger partial charge in [-0.25, -0.2) is 0 Å². The molecule has 0 saturated carbocycles. The van der Waals surface area contributed by atoms with E-state index >= 15 is 0 Å². The fraction of sp³-hybridized carbons (Fsp3) is 0.833. The maximum atomic E-state index is 11.2. The Morgan fingerprint density at radius 2 is 1.56 bits per heavy atom. The van der Waals surface area contributed by atoms with Crippen LogP contribution in [-0.2, 0) is 14.3 Å². The average molecular weight is 405 g/mol. The van der Waals surface area contributed by atoms with Crippen LogP contribution >= 0.6 is 24.4 Å². The smallest absolute Gasteiger partial charge is 0.314 e. The quantitative estimate of drug-likeness (QED) is 0.184. The summed E-state index contributed by atoms with van der Waals surface area (Å²) in [4.78, 5) is 22.4. The largest absolute Gasteiger partial charge is 1.00 e. The van der Waals surface area contributed by atoms with Crippen LogP contribution in [0.5, 0.6) is 0 Å². The molecule has 0 aromatic carbocycles. The maximum Gasteiger partial charge on any atom is 0.314 e. The average Bonchev–Trinajstić information content (AvgIpc) is 2.31. The monoisotopic (exact) mass is 405 g/mol. The van der Waals surface area contributed by atoms with E-state index in [1.807, 2.05) is 6.26 Å². The zero-order valence-electron chi connectivity index (χ0n) is 10.8. The lowest BCUT2D eigenvalue weighted by Gasteiger charge is -2.02. The third-order valence-electron chi connectivity index (χ3n) is 2.28. The number of thiol groups is 1. The summed E-state index contributed by atoms with van der Waals surface area (Å²) in [5.41, 5.74) is 0. The molecule has 0 fully saturated rings. The Kier molecular flexibility index (Phi) is 18.1. The molecule has 0 N–H and O–H groups in total. The molecule has 0 aliphatic heterocycles. The molecule has 0 unspecified atom stereocenters. The first-order valence-corrected chi connectivity index (χ1v) is 8.06. The first-order valence-electron chi connectivity index (χ1n) is 6.04. The van der Waals surface area contributed by atoms with Gasteiger partial charge in [-0.3, -0.25) is 9.59 Å². The minimum atomic E-state index is -0.403. The summed E-state index contributed by atoms with van der Waals surface area (Å²) in [5.74, 6) is 0.840. The number of hydrogen-bond acceptors (Lipinski definition) is 5. The molecule has 6 heteroatoms. The van der Waals surface area contributed by atoms with Gasteiger partial charge in [-0.05, 0) is 24.9 Å². The van der Waals surface area contributed by atoms with Gasteiger partial charge in [0.15, 0.2) is 0 Å². The number of hydrogen-bond donors (Lipinski definition) is 1. The molecule has 0 aliphatic carbocycles. The first-order chi connectivity index (χ1) is 8.20. The third kappa shape index (κ3) is 14.6. The van der Waals surface area contributed by atoms with Gasteiger partial charge in [0.2, 0.25) is 0 Å². The van der Waals surface area contributed by atoms with Crippen LogP contribution in [0.2, 0.25) is 0 Å². The van der Waals surface area contributed by atoms with Crippen molar-refractivity contribution in [3.63, 3.8) is 0 Å². The summed E-state index contributed by atoms with van der Waals surface area (Å²) in [5, 5.41) is 0. The zero-order chi connectivity index (χ0) is 12.9. The van der Waals surface area contributed by atoms with Crippen LogP contribution in [0, 0.1) is 0 Å². The number of carbonyl (C=O) groups is 2. The number of carbonyl (C=O) groups excluding carboxylic acids is 2. The second-order valence-electron chi connectivity index (χ2n) is 3.83. The molecule has 0 saturated heterocycles. The number of esters is 2. The Morgan fingerprint density at radius 1 is 1.00 bits per heavy atom. The minimum absolute atomic E-state index is 0. The lowest BCUT2D eigenvalue weighted by atomic mass is 10.1. The molecule has 0 aromatic heterocycles. The first kappa shape index (κ1) is 20.9. The van der Waals surface area contributed by atoms with Gasteiger partial charge in [0, 0.05) is 12.2 Å². The topological polar surface area (TPSA) is 43.4 Å². The van der Waals surface area contributed by atoms with E-state index in [4.69, 9.17) is 0 Å². The number of unbranched alkanes of at least 4 members (excludes halogenated alkanes) is 4. The van der Waals surface area contributed by atoms with E-state index < -0.39 is 5.97 Å². The van der Waals surface area contributed by atoms with Gasteiger partial charge in [-0.1, -0.05) is 19.3 Å². The highest BCUT2D eigenvalue weighted by molar-refractivity contribution is 7.98.